The van der Waals surface area contributed by atoms with Crippen molar-refractivity contribution in [3.63, 3.8) is 0 Å². The van der Waals surface area contributed by atoms with Gasteiger partial charge >= 0.3 is 0 Å². The Kier molecular flexibility index (Phi) is 5.02. The monoisotopic (exact) mass is 341 g/mol. The summed E-state index contributed by atoms with van der Waals surface area (Å²) >= 11 is 9.46. The zero-order valence-electron chi connectivity index (χ0n) is 11.0. The molecule has 0 amide bonds. The van der Waals surface area contributed by atoms with Crippen molar-refractivity contribution in [2.24, 2.45) is 0 Å². The second-order valence-electron chi connectivity index (χ2n) is 4.48. The Morgan fingerprint density at radius 3 is 2.89 bits per heavy atom. The average molecular weight is 343 g/mol. The topological polar surface area (TPSA) is 29.9 Å². The van der Waals surface area contributed by atoms with Gasteiger partial charge in [-0.25, -0.2) is 4.68 Å². The predicted molar refractivity (Wildman–Crippen MR) is 83.0 cm³/mol. The Labute approximate surface area is 127 Å². The van der Waals surface area contributed by atoms with E-state index >= 15 is 0 Å². The van der Waals surface area contributed by atoms with Gasteiger partial charge in [-0.3, -0.25) is 0 Å². The van der Waals surface area contributed by atoms with Crippen molar-refractivity contribution in [3.8, 4) is 5.69 Å². The number of nitrogens with zero attached hydrogens (tertiary/aromatic N) is 2. The Morgan fingerprint density at radius 2 is 2.26 bits per heavy atom. The third-order valence-corrected chi connectivity index (χ3v) is 3.65. The van der Waals surface area contributed by atoms with Crippen LogP contribution in [-0.2, 0) is 0 Å². The van der Waals surface area contributed by atoms with Crippen molar-refractivity contribution in [2.75, 3.05) is 6.54 Å². The van der Waals surface area contributed by atoms with E-state index in [1.54, 1.807) is 6.20 Å². The first-order valence-corrected chi connectivity index (χ1v) is 7.52. The van der Waals surface area contributed by atoms with Crippen molar-refractivity contribution < 1.29 is 0 Å². The lowest BCUT2D eigenvalue weighted by Crippen LogP contribution is -2.20. The molecule has 0 spiro atoms. The fourth-order valence-corrected chi connectivity index (χ4v) is 2.47. The standard InChI is InChI=1S/C14H17BrClN3/c1-3-6-17-10(2)13-5-4-11(15)7-14(13)19-9-12(16)8-18-19/h4-5,7-10,17H,3,6H2,1-2H3. The molecule has 102 valence electrons. The van der Waals surface area contributed by atoms with Gasteiger partial charge < -0.3 is 5.32 Å². The molecule has 1 N–H and O–H groups in total. The Morgan fingerprint density at radius 1 is 1.47 bits per heavy atom. The SMILES string of the molecule is CCCNC(C)c1ccc(Br)cc1-n1cc(Cl)cn1. The molecule has 0 aliphatic carbocycles. The lowest BCUT2D eigenvalue weighted by molar-refractivity contribution is 0.567. The molecule has 0 bridgehead atoms. The molecule has 1 heterocycles. The second kappa shape index (κ2) is 6.55. The number of benzene rings is 1. The summed E-state index contributed by atoms with van der Waals surface area (Å²) in [5, 5.41) is 8.42. The van der Waals surface area contributed by atoms with Crippen molar-refractivity contribution in [3.05, 3.63) is 45.7 Å². The highest BCUT2D eigenvalue weighted by atomic mass is 79.9. The minimum atomic E-state index is 0.269. The van der Waals surface area contributed by atoms with Gasteiger partial charge in [0.2, 0.25) is 0 Å². The van der Waals surface area contributed by atoms with Crippen LogP contribution in [0.25, 0.3) is 5.69 Å². The maximum Gasteiger partial charge on any atom is 0.0790 e. The largest absolute Gasteiger partial charge is 0.310 e. The van der Waals surface area contributed by atoms with E-state index < -0.39 is 0 Å². The van der Waals surface area contributed by atoms with Crippen LogP contribution in [0.1, 0.15) is 31.9 Å². The van der Waals surface area contributed by atoms with E-state index in [1.807, 2.05) is 16.9 Å². The van der Waals surface area contributed by atoms with Crippen LogP contribution in [0, 0.1) is 0 Å². The minimum Gasteiger partial charge on any atom is -0.310 e. The highest BCUT2D eigenvalue weighted by Crippen LogP contribution is 2.26. The molecule has 1 unspecified atom stereocenters. The molecule has 0 fully saturated rings. The number of nitrogens with one attached hydrogen (secondary N) is 1. The fraction of sp³-hybridized carbons (Fsp3) is 0.357. The first-order chi connectivity index (χ1) is 9.11. The fourth-order valence-electron chi connectivity index (χ4n) is 1.98. The number of rotatable bonds is 5. The van der Waals surface area contributed by atoms with Crippen LogP contribution < -0.4 is 5.32 Å². The van der Waals surface area contributed by atoms with Crippen molar-refractivity contribution in [2.45, 2.75) is 26.3 Å². The molecule has 0 aliphatic heterocycles. The van der Waals surface area contributed by atoms with Crippen LogP contribution in [0.4, 0.5) is 0 Å². The van der Waals surface area contributed by atoms with E-state index in [0.29, 0.717) is 5.02 Å². The molecule has 0 saturated carbocycles. The summed E-state index contributed by atoms with van der Waals surface area (Å²) in [6, 6.07) is 6.49. The Bertz CT molecular complexity index is 553. The molecule has 1 aromatic heterocycles. The van der Waals surface area contributed by atoms with Gasteiger partial charge in [0.1, 0.15) is 0 Å². The van der Waals surface area contributed by atoms with E-state index in [9.17, 15) is 0 Å². The van der Waals surface area contributed by atoms with Crippen LogP contribution in [0.2, 0.25) is 5.02 Å². The lowest BCUT2D eigenvalue weighted by atomic mass is 10.1. The van der Waals surface area contributed by atoms with Gasteiger partial charge in [-0.15, -0.1) is 0 Å². The zero-order valence-corrected chi connectivity index (χ0v) is 13.4. The van der Waals surface area contributed by atoms with Crippen LogP contribution in [0.5, 0.6) is 0 Å². The quantitative estimate of drug-likeness (QED) is 0.875. The first-order valence-electron chi connectivity index (χ1n) is 6.35. The first kappa shape index (κ1) is 14.6. The zero-order chi connectivity index (χ0) is 13.8. The van der Waals surface area contributed by atoms with Gasteiger partial charge in [0, 0.05) is 16.7 Å². The Balaban J connectivity index is 2.38. The van der Waals surface area contributed by atoms with Crippen LogP contribution in [-0.4, -0.2) is 16.3 Å². The average Bonchev–Trinajstić information content (AvgIpc) is 2.82. The number of aromatic nitrogens is 2. The smallest absolute Gasteiger partial charge is 0.0790 e. The molecular formula is C14H17BrClN3. The normalized spacial score (nSPS) is 12.6. The molecule has 1 atom stereocenters. The molecular weight excluding hydrogens is 326 g/mol. The van der Waals surface area contributed by atoms with Crippen LogP contribution >= 0.6 is 27.5 Å². The molecule has 2 rings (SSSR count). The van der Waals surface area contributed by atoms with Gasteiger partial charge in [0.25, 0.3) is 0 Å². The van der Waals surface area contributed by atoms with Crippen LogP contribution in [0.3, 0.4) is 0 Å². The predicted octanol–water partition coefficient (Wildman–Crippen LogP) is 4.35. The third-order valence-electron chi connectivity index (χ3n) is 2.96. The summed E-state index contributed by atoms with van der Waals surface area (Å²) in [6.45, 7) is 5.32. The lowest BCUT2D eigenvalue weighted by Gasteiger charge is -2.18. The highest BCUT2D eigenvalue weighted by molar-refractivity contribution is 9.10. The summed E-state index contributed by atoms with van der Waals surface area (Å²) in [6.07, 6.45) is 4.58. The minimum absolute atomic E-state index is 0.269. The van der Waals surface area contributed by atoms with Crippen LogP contribution in [0.15, 0.2) is 35.1 Å². The van der Waals surface area contributed by atoms with Gasteiger partial charge in [-0.05, 0) is 37.6 Å². The molecule has 1 aromatic carbocycles. The summed E-state index contributed by atoms with van der Waals surface area (Å²) < 4.78 is 2.84. The summed E-state index contributed by atoms with van der Waals surface area (Å²) in [7, 11) is 0. The molecule has 2 aromatic rings. The van der Waals surface area contributed by atoms with Crippen molar-refractivity contribution in [1.82, 2.24) is 15.1 Å². The van der Waals surface area contributed by atoms with E-state index in [0.717, 1.165) is 23.1 Å². The van der Waals surface area contributed by atoms with Crippen molar-refractivity contribution >= 4 is 27.5 Å². The van der Waals surface area contributed by atoms with Gasteiger partial charge in [-0.2, -0.15) is 5.10 Å². The molecule has 0 aliphatic rings. The van der Waals surface area contributed by atoms with E-state index in [-0.39, 0.29) is 6.04 Å². The van der Waals surface area contributed by atoms with Crippen molar-refractivity contribution in [1.29, 1.82) is 0 Å². The molecule has 5 heteroatoms. The highest BCUT2D eigenvalue weighted by Gasteiger charge is 2.12. The Hall–Kier alpha value is -0.840. The molecule has 0 saturated heterocycles. The van der Waals surface area contributed by atoms with Gasteiger partial charge in [-0.1, -0.05) is 40.5 Å². The van der Waals surface area contributed by atoms with Gasteiger partial charge in [0.05, 0.1) is 16.9 Å². The molecule has 19 heavy (non-hydrogen) atoms. The maximum absolute atomic E-state index is 5.95. The number of hydrogen-bond acceptors (Lipinski definition) is 2. The second-order valence-corrected chi connectivity index (χ2v) is 5.83. The van der Waals surface area contributed by atoms with E-state index in [1.165, 1.54) is 5.56 Å². The van der Waals surface area contributed by atoms with E-state index in [4.69, 9.17) is 11.6 Å². The third kappa shape index (κ3) is 3.59. The van der Waals surface area contributed by atoms with E-state index in [2.05, 4.69) is 52.3 Å². The molecule has 0 radical (unpaired) electrons. The summed E-state index contributed by atoms with van der Waals surface area (Å²) in [4.78, 5) is 0. The number of hydrogen-bond donors (Lipinski definition) is 1. The summed E-state index contributed by atoms with van der Waals surface area (Å²) in [5.74, 6) is 0. The molecule has 3 nitrogen and oxygen atoms in total. The maximum atomic E-state index is 5.95. The number of halogens is 2. The van der Waals surface area contributed by atoms with Gasteiger partial charge in [0.15, 0.2) is 0 Å². The summed E-state index contributed by atoms with van der Waals surface area (Å²) in [5.41, 5.74) is 2.24.